The van der Waals surface area contributed by atoms with E-state index in [2.05, 4.69) is 0 Å². The molecule has 1 atom stereocenters. The number of hydrogen-bond donors (Lipinski definition) is 0. The van der Waals surface area contributed by atoms with Gasteiger partial charge in [0.15, 0.2) is 0 Å². The second kappa shape index (κ2) is 11.6. The Morgan fingerprint density at radius 2 is 1.40 bits per heavy atom. The SMILES string of the molecule is CCCCN(CC(=O)N1c2ccccc2-n2cccc2C1c1ccccc1)C(=O)c1cc(C(F)(F)F)cc(C(F)(F)F)c1. The summed E-state index contributed by atoms with van der Waals surface area (Å²) in [6.45, 7) is 1.21. The van der Waals surface area contributed by atoms with Crippen molar-refractivity contribution in [2.45, 2.75) is 38.2 Å². The van der Waals surface area contributed by atoms with E-state index in [-0.39, 0.29) is 12.6 Å². The molecule has 11 heteroatoms. The summed E-state index contributed by atoms with van der Waals surface area (Å²) >= 11 is 0. The molecule has 2 heterocycles. The number of nitrogens with zero attached hydrogens (tertiary/aromatic N) is 3. The van der Waals surface area contributed by atoms with Crippen molar-refractivity contribution in [3.8, 4) is 5.69 Å². The Hall–Kier alpha value is -4.54. The van der Waals surface area contributed by atoms with E-state index in [1.807, 2.05) is 72.3 Å². The number of fused-ring (bicyclic) bond motifs is 3. The second-order valence-corrected chi connectivity index (χ2v) is 10.2. The number of unbranched alkanes of at least 4 members (excludes halogenated alkanes) is 1. The van der Waals surface area contributed by atoms with Crippen LogP contribution in [0.25, 0.3) is 5.69 Å². The van der Waals surface area contributed by atoms with Gasteiger partial charge in [-0.25, -0.2) is 0 Å². The maximum absolute atomic E-state index is 14.2. The topological polar surface area (TPSA) is 45.6 Å². The molecule has 0 spiro atoms. The molecule has 0 aliphatic carbocycles. The zero-order valence-corrected chi connectivity index (χ0v) is 23.0. The van der Waals surface area contributed by atoms with E-state index < -0.39 is 53.4 Å². The van der Waals surface area contributed by atoms with Crippen molar-refractivity contribution in [3.05, 3.63) is 119 Å². The predicted octanol–water partition coefficient (Wildman–Crippen LogP) is 7.89. The number of alkyl halides is 6. The molecule has 1 unspecified atom stereocenters. The highest BCUT2D eigenvalue weighted by atomic mass is 19.4. The Labute approximate surface area is 244 Å². The molecular formula is C32H27F6N3O2. The van der Waals surface area contributed by atoms with Gasteiger partial charge in [0.25, 0.3) is 5.91 Å². The first-order valence-electron chi connectivity index (χ1n) is 13.6. The fourth-order valence-electron chi connectivity index (χ4n) is 5.31. The molecule has 1 aliphatic heterocycles. The number of aromatic nitrogens is 1. The van der Waals surface area contributed by atoms with E-state index in [1.165, 1.54) is 0 Å². The van der Waals surface area contributed by atoms with E-state index in [9.17, 15) is 35.9 Å². The predicted molar refractivity (Wildman–Crippen MR) is 149 cm³/mol. The first kappa shape index (κ1) is 29.9. The molecule has 224 valence electrons. The van der Waals surface area contributed by atoms with Gasteiger partial charge in [-0.2, -0.15) is 26.3 Å². The summed E-state index contributed by atoms with van der Waals surface area (Å²) in [5.74, 6) is -1.63. The zero-order chi connectivity index (χ0) is 30.9. The van der Waals surface area contributed by atoms with Crippen LogP contribution in [0.15, 0.2) is 91.1 Å². The lowest BCUT2D eigenvalue weighted by atomic mass is 9.97. The minimum absolute atomic E-state index is 0.0253. The minimum atomic E-state index is -5.12. The molecule has 1 aliphatic rings. The zero-order valence-electron chi connectivity index (χ0n) is 23.0. The van der Waals surface area contributed by atoms with E-state index in [4.69, 9.17) is 0 Å². The van der Waals surface area contributed by atoms with Crippen LogP contribution in [0.5, 0.6) is 0 Å². The molecule has 0 bridgehead atoms. The van der Waals surface area contributed by atoms with Gasteiger partial charge in [-0.15, -0.1) is 0 Å². The fraction of sp³-hybridized carbons (Fsp3) is 0.250. The Balaban J connectivity index is 1.56. The number of carbonyl (C=O) groups excluding carboxylic acids is 2. The molecule has 5 rings (SSSR count). The molecule has 0 radical (unpaired) electrons. The van der Waals surface area contributed by atoms with Gasteiger partial charge < -0.3 is 9.47 Å². The molecular weight excluding hydrogens is 572 g/mol. The molecule has 0 saturated heterocycles. The van der Waals surface area contributed by atoms with E-state index in [1.54, 1.807) is 17.0 Å². The van der Waals surface area contributed by atoms with Crippen LogP contribution in [0, 0.1) is 0 Å². The Bertz CT molecular complexity index is 1600. The van der Waals surface area contributed by atoms with Gasteiger partial charge in [0.05, 0.1) is 28.2 Å². The molecule has 0 saturated carbocycles. The lowest BCUT2D eigenvalue weighted by molar-refractivity contribution is -0.143. The summed E-state index contributed by atoms with van der Waals surface area (Å²) in [6.07, 6.45) is -7.41. The summed E-state index contributed by atoms with van der Waals surface area (Å²) in [5, 5.41) is 0. The molecule has 4 aromatic rings. The molecule has 43 heavy (non-hydrogen) atoms. The first-order chi connectivity index (χ1) is 20.4. The van der Waals surface area contributed by atoms with Crippen LogP contribution < -0.4 is 4.90 Å². The summed E-state index contributed by atoms with van der Waals surface area (Å²) < 4.78 is 83.2. The van der Waals surface area contributed by atoms with E-state index in [0.29, 0.717) is 36.3 Å². The van der Waals surface area contributed by atoms with Crippen LogP contribution in [0.3, 0.4) is 0 Å². The highest BCUT2D eigenvalue weighted by Gasteiger charge is 2.39. The monoisotopic (exact) mass is 599 g/mol. The average Bonchev–Trinajstić information content (AvgIpc) is 3.47. The van der Waals surface area contributed by atoms with E-state index in [0.717, 1.165) is 16.2 Å². The maximum Gasteiger partial charge on any atom is 0.416 e. The fourth-order valence-corrected chi connectivity index (χ4v) is 5.31. The largest absolute Gasteiger partial charge is 0.416 e. The van der Waals surface area contributed by atoms with Gasteiger partial charge in [0, 0.05) is 18.3 Å². The molecule has 0 fully saturated rings. The normalized spacial score (nSPS) is 14.7. The number of carbonyl (C=O) groups is 2. The average molecular weight is 600 g/mol. The van der Waals surface area contributed by atoms with Gasteiger partial charge in [0.1, 0.15) is 12.6 Å². The van der Waals surface area contributed by atoms with Gasteiger partial charge in [-0.1, -0.05) is 55.8 Å². The number of anilines is 1. The van der Waals surface area contributed by atoms with Crippen LogP contribution in [-0.2, 0) is 17.1 Å². The van der Waals surface area contributed by atoms with Gasteiger partial charge in [0.2, 0.25) is 5.91 Å². The first-order valence-corrected chi connectivity index (χ1v) is 13.6. The third kappa shape index (κ3) is 6.02. The number of hydrogen-bond acceptors (Lipinski definition) is 2. The van der Waals surface area contributed by atoms with Crippen molar-refractivity contribution in [2.75, 3.05) is 18.0 Å². The summed E-state index contributed by atoms with van der Waals surface area (Å²) in [5.41, 5.74) is -1.17. The Morgan fingerprint density at radius 1 is 0.791 bits per heavy atom. The van der Waals surface area contributed by atoms with Crippen molar-refractivity contribution in [3.63, 3.8) is 0 Å². The van der Waals surface area contributed by atoms with Gasteiger partial charge in [-0.3, -0.25) is 14.5 Å². The lowest BCUT2D eigenvalue weighted by Crippen LogP contribution is -2.47. The number of amides is 2. The van der Waals surface area contributed by atoms with Gasteiger partial charge >= 0.3 is 12.4 Å². The van der Waals surface area contributed by atoms with Gasteiger partial charge in [-0.05, 0) is 54.4 Å². The Morgan fingerprint density at radius 3 is 2.00 bits per heavy atom. The highest BCUT2D eigenvalue weighted by molar-refractivity contribution is 6.02. The number of benzene rings is 3. The molecule has 1 aromatic heterocycles. The third-order valence-corrected chi connectivity index (χ3v) is 7.33. The smallest absolute Gasteiger partial charge is 0.329 e. The maximum atomic E-state index is 14.2. The van der Waals surface area contributed by atoms with Crippen LogP contribution >= 0.6 is 0 Å². The number of halogens is 6. The van der Waals surface area contributed by atoms with Crippen molar-refractivity contribution in [1.82, 2.24) is 9.47 Å². The van der Waals surface area contributed by atoms with Crippen molar-refractivity contribution in [1.29, 1.82) is 0 Å². The third-order valence-electron chi connectivity index (χ3n) is 7.33. The Kier molecular flexibility index (Phi) is 8.09. The molecule has 0 N–H and O–H groups in total. The van der Waals surface area contributed by atoms with Crippen LogP contribution in [0.1, 0.15) is 58.5 Å². The number of rotatable bonds is 7. The van der Waals surface area contributed by atoms with E-state index >= 15 is 0 Å². The van der Waals surface area contributed by atoms with Crippen molar-refractivity contribution >= 4 is 17.5 Å². The summed E-state index contributed by atoms with van der Waals surface area (Å²) in [7, 11) is 0. The number of para-hydroxylation sites is 2. The standard InChI is InChI=1S/C32H27F6N3O2/c1-2-3-15-39(30(43)22-17-23(31(33,34)35)19-24(18-22)32(36,37)38)20-28(42)41-26-13-8-7-12-25(26)40-16-9-14-27(40)29(41)21-10-5-4-6-11-21/h4-14,16-19,29H,2-3,15,20H2,1H3. The van der Waals surface area contributed by atoms with Crippen molar-refractivity contribution < 1.29 is 35.9 Å². The summed E-state index contributed by atoms with van der Waals surface area (Å²) in [4.78, 5) is 30.4. The molecule has 3 aromatic carbocycles. The van der Waals surface area contributed by atoms with Crippen LogP contribution in [-0.4, -0.2) is 34.4 Å². The lowest BCUT2D eigenvalue weighted by Gasteiger charge is -2.39. The minimum Gasteiger partial charge on any atom is -0.329 e. The highest BCUT2D eigenvalue weighted by Crippen LogP contribution is 2.42. The molecule has 2 amide bonds. The summed E-state index contributed by atoms with van der Waals surface area (Å²) in [6, 6.07) is 20.3. The quantitative estimate of drug-likeness (QED) is 0.203. The van der Waals surface area contributed by atoms with Crippen molar-refractivity contribution in [2.24, 2.45) is 0 Å². The van der Waals surface area contributed by atoms with Crippen LogP contribution in [0.4, 0.5) is 32.0 Å². The second-order valence-electron chi connectivity index (χ2n) is 10.2. The molecule has 5 nitrogen and oxygen atoms in total. The van der Waals surface area contributed by atoms with Crippen LogP contribution in [0.2, 0.25) is 0 Å².